The van der Waals surface area contributed by atoms with E-state index >= 15 is 0 Å². The van der Waals surface area contributed by atoms with Crippen molar-refractivity contribution < 1.29 is 14.3 Å². The zero-order valence-electron chi connectivity index (χ0n) is 16.8. The topological polar surface area (TPSA) is 50.8 Å². The molecule has 0 aliphatic carbocycles. The number of ether oxygens (including phenoxy) is 2. The van der Waals surface area contributed by atoms with Crippen LogP contribution in [0.3, 0.4) is 0 Å². The lowest BCUT2D eigenvalue weighted by Crippen LogP contribution is -2.45. The number of hydrogen-bond acceptors (Lipinski definition) is 4. The molecule has 2 aromatic rings. The molecule has 29 heavy (non-hydrogen) atoms. The highest BCUT2D eigenvalue weighted by Gasteiger charge is 2.31. The summed E-state index contributed by atoms with van der Waals surface area (Å²) >= 11 is 11.4. The van der Waals surface area contributed by atoms with Gasteiger partial charge in [0.25, 0.3) is 0 Å². The van der Waals surface area contributed by atoms with E-state index in [0.717, 1.165) is 16.8 Å². The van der Waals surface area contributed by atoms with E-state index in [0.29, 0.717) is 33.8 Å². The Morgan fingerprint density at radius 2 is 1.90 bits per heavy atom. The van der Waals surface area contributed by atoms with Crippen molar-refractivity contribution >= 4 is 34.7 Å². The van der Waals surface area contributed by atoms with Crippen LogP contribution in [-0.4, -0.2) is 30.0 Å². The van der Waals surface area contributed by atoms with Gasteiger partial charge >= 0.3 is 0 Å². The minimum Gasteiger partial charge on any atom is -0.493 e. The van der Waals surface area contributed by atoms with Crippen LogP contribution < -0.4 is 14.8 Å². The first-order chi connectivity index (χ1) is 13.8. The van der Waals surface area contributed by atoms with Crippen LogP contribution in [0.25, 0.3) is 0 Å². The minimum atomic E-state index is -0.347. The molecule has 1 N–H and O–H groups in total. The lowest BCUT2D eigenvalue weighted by Gasteiger charge is -2.35. The number of halogens is 1. The number of nitrogens with one attached hydrogen (secondary N) is 1. The predicted molar refractivity (Wildman–Crippen MR) is 118 cm³/mol. The number of hydrogen-bond donors (Lipinski definition) is 1. The lowest BCUT2D eigenvalue weighted by molar-refractivity contribution is -0.114. The van der Waals surface area contributed by atoms with Crippen LogP contribution in [-0.2, 0) is 11.4 Å². The zero-order valence-corrected chi connectivity index (χ0v) is 18.4. The Balaban J connectivity index is 1.94. The Kier molecular flexibility index (Phi) is 6.45. The van der Waals surface area contributed by atoms with Crippen molar-refractivity contribution in [3.8, 4) is 11.5 Å². The molecule has 0 spiro atoms. The first-order valence-corrected chi connectivity index (χ1v) is 9.91. The third-order valence-corrected chi connectivity index (χ3v) is 5.61. The Bertz CT molecular complexity index is 973. The van der Waals surface area contributed by atoms with Gasteiger partial charge in [0.15, 0.2) is 22.4 Å². The third-order valence-electron chi connectivity index (χ3n) is 4.96. The first kappa shape index (κ1) is 21.1. The molecule has 0 amide bonds. The van der Waals surface area contributed by atoms with Gasteiger partial charge in [0.05, 0.1) is 13.2 Å². The molecule has 0 saturated carbocycles. The average Bonchev–Trinajstić information content (AvgIpc) is 2.70. The Morgan fingerprint density at radius 1 is 1.21 bits per heavy atom. The molecule has 5 nitrogen and oxygen atoms in total. The van der Waals surface area contributed by atoms with Gasteiger partial charge in [-0.15, -0.1) is 0 Å². The maximum atomic E-state index is 12.4. The number of carbonyl (C=O) groups excluding carboxylic acids is 1. The second-order valence-electron chi connectivity index (χ2n) is 6.82. The van der Waals surface area contributed by atoms with Crippen molar-refractivity contribution in [2.45, 2.75) is 26.5 Å². The van der Waals surface area contributed by atoms with Crippen molar-refractivity contribution in [1.82, 2.24) is 10.2 Å². The van der Waals surface area contributed by atoms with Crippen LogP contribution in [0, 0.1) is 0 Å². The molecular formula is C22H23ClN2O3S. The maximum absolute atomic E-state index is 12.4. The number of ketones is 1. The molecule has 1 heterocycles. The van der Waals surface area contributed by atoms with Gasteiger partial charge in [-0.1, -0.05) is 29.8 Å². The van der Waals surface area contributed by atoms with Crippen molar-refractivity contribution in [3.63, 3.8) is 0 Å². The van der Waals surface area contributed by atoms with Gasteiger partial charge in [0.2, 0.25) is 0 Å². The number of Topliss-reactive ketones (excluding diaryl/α,β-unsaturated/α-hetero) is 1. The van der Waals surface area contributed by atoms with Crippen LogP contribution in [0.4, 0.5) is 0 Å². The summed E-state index contributed by atoms with van der Waals surface area (Å²) in [6, 6.07) is 12.8. The lowest BCUT2D eigenvalue weighted by atomic mass is 9.92. The zero-order chi connectivity index (χ0) is 21.1. The quantitative estimate of drug-likeness (QED) is 0.673. The summed E-state index contributed by atoms with van der Waals surface area (Å²) in [5, 5.41) is 4.50. The van der Waals surface area contributed by atoms with Gasteiger partial charge in [-0.05, 0) is 61.5 Å². The van der Waals surface area contributed by atoms with E-state index in [2.05, 4.69) is 5.32 Å². The SMILES string of the molecule is COc1ccc(C2NC(=S)N(C)C(C)=C2C(C)=O)cc1OCc1ccc(Cl)cc1. The number of carbonyl (C=O) groups is 1. The van der Waals surface area contributed by atoms with Crippen LogP contribution in [0.2, 0.25) is 5.02 Å². The molecule has 0 fully saturated rings. The summed E-state index contributed by atoms with van der Waals surface area (Å²) in [6.45, 7) is 3.83. The van der Waals surface area contributed by atoms with Crippen molar-refractivity contribution in [2.75, 3.05) is 14.2 Å². The summed E-state index contributed by atoms with van der Waals surface area (Å²) in [6.07, 6.45) is 0. The maximum Gasteiger partial charge on any atom is 0.173 e. The Labute approximate surface area is 181 Å². The third kappa shape index (κ3) is 4.54. The fraction of sp³-hybridized carbons (Fsp3) is 0.273. The van der Waals surface area contributed by atoms with Crippen molar-refractivity contribution in [1.29, 1.82) is 0 Å². The fourth-order valence-electron chi connectivity index (χ4n) is 3.27. The highest BCUT2D eigenvalue weighted by molar-refractivity contribution is 7.80. The van der Waals surface area contributed by atoms with E-state index in [4.69, 9.17) is 33.3 Å². The molecule has 0 aromatic heterocycles. The van der Waals surface area contributed by atoms with Gasteiger partial charge in [-0.2, -0.15) is 0 Å². The van der Waals surface area contributed by atoms with E-state index in [1.807, 2.05) is 61.3 Å². The number of benzene rings is 2. The molecule has 7 heteroatoms. The molecular weight excluding hydrogens is 408 g/mol. The van der Waals surface area contributed by atoms with Gasteiger partial charge < -0.3 is 19.7 Å². The Hall–Kier alpha value is -2.57. The minimum absolute atomic E-state index is 0.00574. The van der Waals surface area contributed by atoms with Crippen LogP contribution in [0.15, 0.2) is 53.7 Å². The van der Waals surface area contributed by atoms with Crippen LogP contribution >= 0.6 is 23.8 Å². The van der Waals surface area contributed by atoms with E-state index in [9.17, 15) is 4.79 Å². The molecule has 1 aliphatic rings. The summed E-state index contributed by atoms with van der Waals surface area (Å²) in [7, 11) is 3.44. The molecule has 0 saturated heterocycles. The first-order valence-electron chi connectivity index (χ1n) is 9.13. The normalized spacial score (nSPS) is 16.5. The summed E-state index contributed by atoms with van der Waals surface area (Å²) < 4.78 is 11.5. The smallest absolute Gasteiger partial charge is 0.173 e. The van der Waals surface area contributed by atoms with Gasteiger partial charge in [-0.25, -0.2) is 0 Å². The molecule has 1 atom stereocenters. The molecule has 1 unspecified atom stereocenters. The van der Waals surface area contributed by atoms with Crippen LogP contribution in [0.1, 0.15) is 31.0 Å². The second-order valence-corrected chi connectivity index (χ2v) is 7.65. The monoisotopic (exact) mass is 430 g/mol. The van der Waals surface area contributed by atoms with Gasteiger partial charge in [-0.3, -0.25) is 4.79 Å². The summed E-state index contributed by atoms with van der Waals surface area (Å²) in [4.78, 5) is 14.2. The molecule has 3 rings (SSSR count). The largest absolute Gasteiger partial charge is 0.493 e. The van der Waals surface area contributed by atoms with E-state index in [-0.39, 0.29) is 11.8 Å². The standard InChI is InChI=1S/C22H23ClN2O3S/c1-13-20(14(2)26)21(24-22(29)25(13)3)16-7-10-18(27-4)19(11-16)28-12-15-5-8-17(23)9-6-15/h5-11,21H,12H2,1-4H3,(H,24,29). The summed E-state index contributed by atoms with van der Waals surface area (Å²) in [5.74, 6) is 1.20. The average molecular weight is 431 g/mol. The van der Waals surface area contributed by atoms with Gasteiger partial charge in [0.1, 0.15) is 6.61 Å². The molecule has 0 bridgehead atoms. The summed E-state index contributed by atoms with van der Waals surface area (Å²) in [5.41, 5.74) is 3.37. The number of nitrogens with zero attached hydrogens (tertiary/aromatic N) is 1. The second kappa shape index (κ2) is 8.84. The van der Waals surface area contributed by atoms with Gasteiger partial charge in [0, 0.05) is 23.3 Å². The molecule has 0 radical (unpaired) electrons. The number of allylic oxidation sites excluding steroid dienone is 1. The highest BCUT2D eigenvalue weighted by Crippen LogP contribution is 2.36. The van der Waals surface area contributed by atoms with E-state index in [1.54, 1.807) is 14.0 Å². The fourth-order valence-corrected chi connectivity index (χ4v) is 3.65. The Morgan fingerprint density at radius 3 is 2.52 bits per heavy atom. The van der Waals surface area contributed by atoms with Crippen molar-refractivity contribution in [2.24, 2.45) is 0 Å². The number of thiocarbonyl (C=S) groups is 1. The van der Waals surface area contributed by atoms with E-state index in [1.165, 1.54) is 0 Å². The van der Waals surface area contributed by atoms with Crippen LogP contribution in [0.5, 0.6) is 11.5 Å². The highest BCUT2D eigenvalue weighted by atomic mass is 35.5. The van der Waals surface area contributed by atoms with E-state index < -0.39 is 0 Å². The number of methoxy groups -OCH3 is 1. The molecule has 2 aromatic carbocycles. The predicted octanol–water partition coefficient (Wildman–Crippen LogP) is 4.65. The molecule has 152 valence electrons. The number of rotatable bonds is 6. The molecule has 1 aliphatic heterocycles. The van der Waals surface area contributed by atoms with Crippen molar-refractivity contribution in [3.05, 3.63) is 69.9 Å².